The number of nitrogens with zero attached hydrogens (tertiary/aromatic N) is 1. The van der Waals surface area contributed by atoms with E-state index >= 15 is 0 Å². The number of piperidine rings is 1. The van der Waals surface area contributed by atoms with Gasteiger partial charge in [-0.1, -0.05) is 0 Å². The normalized spacial score (nSPS) is 21.7. The summed E-state index contributed by atoms with van der Waals surface area (Å²) in [5.41, 5.74) is 1.46. The number of carbonyl (C=O) groups excluding carboxylic acids is 1. The summed E-state index contributed by atoms with van der Waals surface area (Å²) in [6.07, 6.45) is 3.59. The second-order valence-electron chi connectivity index (χ2n) is 8.54. The molecule has 1 saturated heterocycles. The van der Waals surface area contributed by atoms with Crippen LogP contribution in [-0.4, -0.2) is 84.6 Å². The van der Waals surface area contributed by atoms with E-state index in [-0.39, 0.29) is 17.9 Å². The quantitative estimate of drug-likeness (QED) is 0.523. The molecule has 10 heteroatoms. The molecule has 1 unspecified atom stereocenters. The molecular formula is C22H35N3O6S. The molecule has 2 N–H and O–H groups in total. The lowest BCUT2D eigenvalue weighted by atomic mass is 9.93. The minimum atomic E-state index is -3.15. The van der Waals surface area contributed by atoms with Crippen molar-refractivity contribution < 1.29 is 27.4 Å². The third-order valence-electron chi connectivity index (χ3n) is 5.86. The zero-order valence-corrected chi connectivity index (χ0v) is 20.0. The average Bonchev–Trinajstić information content (AvgIpc) is 2.99. The van der Waals surface area contributed by atoms with Crippen LogP contribution in [0.15, 0.2) is 12.1 Å². The molecule has 2 aliphatic rings. The van der Waals surface area contributed by atoms with Crippen LogP contribution in [-0.2, 0) is 14.8 Å². The fourth-order valence-electron chi connectivity index (χ4n) is 4.19. The van der Waals surface area contributed by atoms with Crippen molar-refractivity contribution >= 4 is 15.9 Å². The van der Waals surface area contributed by atoms with Gasteiger partial charge in [-0.15, -0.1) is 0 Å². The van der Waals surface area contributed by atoms with E-state index in [1.54, 1.807) is 7.11 Å². The molecule has 9 nitrogen and oxygen atoms in total. The van der Waals surface area contributed by atoms with Gasteiger partial charge in [0.2, 0.25) is 10.0 Å². The number of hydrogen-bond donors (Lipinski definition) is 2. The summed E-state index contributed by atoms with van der Waals surface area (Å²) < 4.78 is 42.1. The van der Waals surface area contributed by atoms with Gasteiger partial charge in [-0.3, -0.25) is 4.79 Å². The molecule has 0 aromatic heterocycles. The lowest BCUT2D eigenvalue weighted by Crippen LogP contribution is -2.49. The van der Waals surface area contributed by atoms with Gasteiger partial charge in [0.1, 0.15) is 0 Å². The number of sulfonamides is 1. The molecule has 2 atom stereocenters. The van der Waals surface area contributed by atoms with Crippen LogP contribution in [0, 0.1) is 12.8 Å². The van der Waals surface area contributed by atoms with Crippen molar-refractivity contribution in [3.63, 3.8) is 0 Å². The zero-order valence-electron chi connectivity index (χ0n) is 19.2. The Bertz CT molecular complexity index is 892. The fourth-order valence-corrected chi connectivity index (χ4v) is 4.71. The van der Waals surface area contributed by atoms with Crippen molar-refractivity contribution in [1.82, 2.24) is 14.9 Å². The van der Waals surface area contributed by atoms with Gasteiger partial charge in [-0.05, 0) is 50.6 Å². The largest absolute Gasteiger partial charge is 0.490 e. The maximum absolute atomic E-state index is 13.0. The van der Waals surface area contributed by atoms with Crippen molar-refractivity contribution in [2.24, 2.45) is 5.92 Å². The molecule has 2 heterocycles. The fraction of sp³-hybridized carbons (Fsp3) is 0.682. The van der Waals surface area contributed by atoms with E-state index in [0.717, 1.165) is 44.5 Å². The Kier molecular flexibility index (Phi) is 8.75. The number of ether oxygens (including phenoxy) is 3. The summed E-state index contributed by atoms with van der Waals surface area (Å²) >= 11 is 0. The maximum Gasteiger partial charge on any atom is 0.255 e. The Morgan fingerprint density at radius 2 is 2.06 bits per heavy atom. The molecule has 0 aliphatic carbocycles. The Morgan fingerprint density at radius 1 is 1.28 bits per heavy atom. The highest BCUT2D eigenvalue weighted by molar-refractivity contribution is 7.88. The molecule has 0 bridgehead atoms. The van der Waals surface area contributed by atoms with Crippen LogP contribution in [0.5, 0.6) is 11.5 Å². The van der Waals surface area contributed by atoms with E-state index < -0.39 is 10.0 Å². The lowest BCUT2D eigenvalue weighted by molar-refractivity contribution is -0.0105. The van der Waals surface area contributed by atoms with Gasteiger partial charge in [-0.2, -0.15) is 0 Å². The van der Waals surface area contributed by atoms with Crippen LogP contribution in [0.1, 0.15) is 35.2 Å². The molecule has 1 fully saturated rings. The van der Waals surface area contributed by atoms with Gasteiger partial charge in [0.15, 0.2) is 11.5 Å². The molecule has 1 aromatic carbocycles. The van der Waals surface area contributed by atoms with Gasteiger partial charge in [0.25, 0.3) is 5.91 Å². The highest BCUT2D eigenvalue weighted by atomic mass is 32.2. The first-order valence-electron chi connectivity index (χ1n) is 11.1. The predicted octanol–water partition coefficient (Wildman–Crippen LogP) is 1.16. The molecule has 3 rings (SSSR count). The van der Waals surface area contributed by atoms with Gasteiger partial charge >= 0.3 is 0 Å². The van der Waals surface area contributed by atoms with Crippen molar-refractivity contribution in [2.75, 3.05) is 59.3 Å². The highest BCUT2D eigenvalue weighted by Gasteiger charge is 2.30. The van der Waals surface area contributed by atoms with Crippen LogP contribution in [0.4, 0.5) is 0 Å². The lowest BCUT2D eigenvalue weighted by Gasteiger charge is -2.38. The second kappa shape index (κ2) is 11.3. The first-order chi connectivity index (χ1) is 15.3. The molecule has 1 aromatic rings. The summed E-state index contributed by atoms with van der Waals surface area (Å²) in [4.78, 5) is 15.3. The Hall–Kier alpha value is -1.88. The molecule has 0 radical (unpaired) electrons. The van der Waals surface area contributed by atoms with Crippen molar-refractivity contribution in [3.8, 4) is 11.5 Å². The molecule has 2 aliphatic heterocycles. The van der Waals surface area contributed by atoms with E-state index in [2.05, 4.69) is 14.9 Å². The summed E-state index contributed by atoms with van der Waals surface area (Å²) in [6.45, 7) is 6.43. The molecule has 180 valence electrons. The number of hydrogen-bond acceptors (Lipinski definition) is 7. The summed E-state index contributed by atoms with van der Waals surface area (Å²) in [5, 5.41) is 3.06. The van der Waals surface area contributed by atoms with E-state index in [0.29, 0.717) is 43.4 Å². The number of carbonyl (C=O) groups is 1. The molecule has 1 amide bonds. The number of methoxy groups -OCH3 is 1. The monoisotopic (exact) mass is 469 g/mol. The summed E-state index contributed by atoms with van der Waals surface area (Å²) in [7, 11) is -1.46. The minimum Gasteiger partial charge on any atom is -0.490 e. The highest BCUT2D eigenvalue weighted by Crippen LogP contribution is 2.34. The molecule has 0 spiro atoms. The predicted molar refractivity (Wildman–Crippen MR) is 122 cm³/mol. The third kappa shape index (κ3) is 7.06. The number of benzene rings is 1. The Balaban J connectivity index is 1.52. The Labute approximate surface area is 190 Å². The zero-order chi connectivity index (χ0) is 23.1. The number of amides is 1. The summed E-state index contributed by atoms with van der Waals surface area (Å²) in [6, 6.07) is 3.74. The van der Waals surface area contributed by atoms with E-state index in [1.807, 2.05) is 19.1 Å². The van der Waals surface area contributed by atoms with Gasteiger partial charge < -0.3 is 24.4 Å². The van der Waals surface area contributed by atoms with Crippen molar-refractivity contribution in [1.29, 1.82) is 0 Å². The standard InChI is InChI=1S/C22H35N3O6S/c1-16-12-18(21-19(13-16)30-10-5-11-31-21)22(26)23-14-17-6-9-25(15-20(17)29-2)8-4-7-24-32(3,27)28/h12-13,17,20,24H,4-11,14-15H2,1-3H3,(H,23,26)/t17-,20?/m0/s1. The number of rotatable bonds is 9. The molecule has 32 heavy (non-hydrogen) atoms. The van der Waals surface area contributed by atoms with Crippen LogP contribution in [0.3, 0.4) is 0 Å². The average molecular weight is 470 g/mol. The topological polar surface area (TPSA) is 106 Å². The second-order valence-corrected chi connectivity index (χ2v) is 10.4. The van der Waals surface area contributed by atoms with Gasteiger partial charge in [0.05, 0.1) is 31.1 Å². The molecule has 0 saturated carbocycles. The number of likely N-dealkylation sites (tertiary alicyclic amines) is 1. The van der Waals surface area contributed by atoms with Gasteiger partial charge in [0, 0.05) is 39.1 Å². The first-order valence-corrected chi connectivity index (χ1v) is 13.0. The van der Waals surface area contributed by atoms with Crippen LogP contribution >= 0.6 is 0 Å². The van der Waals surface area contributed by atoms with E-state index in [4.69, 9.17) is 14.2 Å². The first kappa shape index (κ1) is 24.8. The third-order valence-corrected chi connectivity index (χ3v) is 6.59. The van der Waals surface area contributed by atoms with E-state index in [1.165, 1.54) is 6.26 Å². The van der Waals surface area contributed by atoms with Gasteiger partial charge in [-0.25, -0.2) is 13.1 Å². The number of fused-ring (bicyclic) bond motifs is 1. The van der Waals surface area contributed by atoms with Crippen LogP contribution in [0.2, 0.25) is 0 Å². The van der Waals surface area contributed by atoms with E-state index in [9.17, 15) is 13.2 Å². The number of nitrogens with one attached hydrogen (secondary N) is 2. The summed E-state index contributed by atoms with van der Waals surface area (Å²) in [5.74, 6) is 1.18. The SMILES string of the molecule is COC1CN(CCCNS(C)(=O)=O)CC[C@H]1CNC(=O)c1cc(C)cc2c1OCCCO2. The maximum atomic E-state index is 13.0. The Morgan fingerprint density at radius 3 is 2.81 bits per heavy atom. The van der Waals surface area contributed by atoms with Crippen molar-refractivity contribution in [2.45, 2.75) is 32.3 Å². The molecular weight excluding hydrogens is 434 g/mol. The minimum absolute atomic E-state index is 0.00104. The smallest absolute Gasteiger partial charge is 0.255 e. The van der Waals surface area contributed by atoms with Crippen LogP contribution < -0.4 is 19.5 Å². The van der Waals surface area contributed by atoms with Crippen molar-refractivity contribution in [3.05, 3.63) is 23.3 Å². The van der Waals surface area contributed by atoms with Crippen LogP contribution in [0.25, 0.3) is 0 Å². The number of aryl methyl sites for hydroxylation is 1.